The Bertz CT molecular complexity index is 151. The Morgan fingerprint density at radius 3 is 2.33 bits per heavy atom. The van der Waals surface area contributed by atoms with Crippen LogP contribution in [0.5, 0.6) is 0 Å². The van der Waals surface area contributed by atoms with Crippen LogP contribution < -0.4 is 0 Å². The Hall–Kier alpha value is -0.600. The van der Waals surface area contributed by atoms with Gasteiger partial charge in [-0.3, -0.25) is 10.1 Å². The predicted molar refractivity (Wildman–Crippen MR) is 47.6 cm³/mol. The molecule has 0 amide bonds. The molecule has 0 atom stereocenters. The van der Waals surface area contributed by atoms with Crippen LogP contribution >= 0.6 is 0 Å². The minimum Gasteiger partial charge on any atom is -0.264 e. The Morgan fingerprint density at radius 2 is 1.92 bits per heavy atom. The molecule has 0 saturated heterocycles. The minimum atomic E-state index is -0.238. The van der Waals surface area contributed by atoms with E-state index in [1.54, 1.807) is 0 Å². The highest BCUT2D eigenvalue weighted by molar-refractivity contribution is 4.71. The molecule has 0 aliphatic heterocycles. The summed E-state index contributed by atoms with van der Waals surface area (Å²) in [4.78, 5) is 10.3. The second kappa shape index (κ2) is 4.43. The van der Waals surface area contributed by atoms with Crippen LogP contribution in [0, 0.1) is 16.0 Å². The van der Waals surface area contributed by atoms with Crippen molar-refractivity contribution < 1.29 is 4.92 Å². The van der Waals surface area contributed by atoms with Crippen molar-refractivity contribution in [1.82, 2.24) is 0 Å². The van der Waals surface area contributed by atoms with E-state index in [4.69, 9.17) is 0 Å². The van der Waals surface area contributed by atoms with Crippen molar-refractivity contribution in [2.24, 2.45) is 5.92 Å². The van der Waals surface area contributed by atoms with Crippen molar-refractivity contribution in [3.05, 3.63) is 10.1 Å². The summed E-state index contributed by atoms with van der Waals surface area (Å²) in [6.07, 6.45) is 6.21. The van der Waals surface area contributed by atoms with E-state index in [0.29, 0.717) is 0 Å². The molecule has 1 rings (SSSR count). The van der Waals surface area contributed by atoms with E-state index in [9.17, 15) is 10.1 Å². The zero-order valence-corrected chi connectivity index (χ0v) is 7.66. The summed E-state index contributed by atoms with van der Waals surface area (Å²) in [5, 5.41) is 10.4. The van der Waals surface area contributed by atoms with Crippen molar-refractivity contribution in [3.8, 4) is 0 Å². The molecule has 3 heteroatoms. The quantitative estimate of drug-likeness (QED) is 0.484. The van der Waals surface area contributed by atoms with E-state index in [1.165, 1.54) is 12.8 Å². The molecule has 0 N–H and O–H groups in total. The number of nitrogens with zero attached hydrogens (tertiary/aromatic N) is 1. The van der Waals surface area contributed by atoms with Gasteiger partial charge >= 0.3 is 0 Å². The van der Waals surface area contributed by atoms with Crippen molar-refractivity contribution in [1.29, 1.82) is 0 Å². The second-order valence-electron chi connectivity index (χ2n) is 3.75. The third kappa shape index (κ3) is 2.47. The molecule has 0 unspecified atom stereocenters. The summed E-state index contributed by atoms with van der Waals surface area (Å²) in [5.41, 5.74) is 0. The molecule has 0 bridgehead atoms. The molecule has 12 heavy (non-hydrogen) atoms. The summed E-state index contributed by atoms with van der Waals surface area (Å²) in [6.45, 7) is 2.18. The van der Waals surface area contributed by atoms with Crippen LogP contribution in [-0.2, 0) is 0 Å². The van der Waals surface area contributed by atoms with Gasteiger partial charge in [-0.05, 0) is 18.8 Å². The highest BCUT2D eigenvalue weighted by atomic mass is 16.6. The maximum Gasteiger partial charge on any atom is 0.213 e. The molecule has 3 nitrogen and oxygen atoms in total. The number of hydrogen-bond donors (Lipinski definition) is 0. The fourth-order valence-corrected chi connectivity index (χ4v) is 2.05. The monoisotopic (exact) mass is 171 g/mol. The predicted octanol–water partition coefficient (Wildman–Crippen LogP) is 2.62. The van der Waals surface area contributed by atoms with E-state index in [-0.39, 0.29) is 11.0 Å². The van der Waals surface area contributed by atoms with E-state index in [1.807, 2.05) is 0 Å². The van der Waals surface area contributed by atoms with Gasteiger partial charge in [0, 0.05) is 17.8 Å². The molecule has 0 aromatic rings. The lowest BCUT2D eigenvalue weighted by Crippen LogP contribution is -2.25. The molecule has 1 aliphatic carbocycles. The van der Waals surface area contributed by atoms with Gasteiger partial charge in [-0.1, -0.05) is 19.8 Å². The number of rotatable bonds is 3. The summed E-state index contributed by atoms with van der Waals surface area (Å²) in [6, 6.07) is -0.238. The van der Waals surface area contributed by atoms with Gasteiger partial charge in [-0.25, -0.2) is 0 Å². The summed E-state index contributed by atoms with van der Waals surface area (Å²) in [7, 11) is 0. The second-order valence-corrected chi connectivity index (χ2v) is 3.75. The van der Waals surface area contributed by atoms with E-state index < -0.39 is 0 Å². The maximum atomic E-state index is 10.4. The van der Waals surface area contributed by atoms with E-state index >= 15 is 0 Å². The summed E-state index contributed by atoms with van der Waals surface area (Å²) >= 11 is 0. The van der Waals surface area contributed by atoms with Crippen molar-refractivity contribution >= 4 is 0 Å². The van der Waals surface area contributed by atoms with Gasteiger partial charge in [0.25, 0.3) is 0 Å². The van der Waals surface area contributed by atoms with E-state index in [0.717, 1.165) is 31.6 Å². The van der Waals surface area contributed by atoms with Crippen molar-refractivity contribution in [2.75, 3.05) is 0 Å². The lowest BCUT2D eigenvalue weighted by molar-refractivity contribution is -0.527. The molecule has 1 aliphatic rings. The van der Waals surface area contributed by atoms with Crippen molar-refractivity contribution in [2.45, 2.75) is 51.5 Å². The molecular weight excluding hydrogens is 154 g/mol. The molecule has 1 fully saturated rings. The number of nitro groups is 1. The standard InChI is InChI=1S/C9H17NO2/c1-2-3-8-4-6-9(7-5-8)10(11)12/h8-9H,2-7H2,1H3. The highest BCUT2D eigenvalue weighted by Crippen LogP contribution is 2.28. The Labute approximate surface area is 73.3 Å². The zero-order chi connectivity index (χ0) is 8.97. The van der Waals surface area contributed by atoms with Crippen LogP contribution in [0.15, 0.2) is 0 Å². The summed E-state index contributed by atoms with van der Waals surface area (Å²) in [5.74, 6) is 0.770. The molecule has 0 spiro atoms. The van der Waals surface area contributed by atoms with Crippen LogP contribution in [0.2, 0.25) is 0 Å². The van der Waals surface area contributed by atoms with Gasteiger partial charge in [0.1, 0.15) is 0 Å². The van der Waals surface area contributed by atoms with E-state index in [2.05, 4.69) is 6.92 Å². The SMILES string of the molecule is CCCC1CCC([N+](=O)[O-])CC1. The van der Waals surface area contributed by atoms with Crippen LogP contribution in [0.25, 0.3) is 0 Å². The summed E-state index contributed by atoms with van der Waals surface area (Å²) < 4.78 is 0. The molecular formula is C9H17NO2. The molecule has 0 radical (unpaired) electrons. The largest absolute Gasteiger partial charge is 0.264 e. The minimum absolute atomic E-state index is 0.109. The zero-order valence-electron chi connectivity index (χ0n) is 7.66. The first-order valence-corrected chi connectivity index (χ1v) is 4.87. The Morgan fingerprint density at radius 1 is 1.33 bits per heavy atom. The van der Waals surface area contributed by atoms with Gasteiger partial charge in [0.05, 0.1) is 0 Å². The fraction of sp³-hybridized carbons (Fsp3) is 1.00. The normalized spacial score (nSPS) is 30.1. The smallest absolute Gasteiger partial charge is 0.213 e. The lowest BCUT2D eigenvalue weighted by atomic mass is 9.84. The molecule has 70 valence electrons. The Balaban J connectivity index is 2.25. The van der Waals surface area contributed by atoms with Gasteiger partial charge in [0.15, 0.2) is 0 Å². The third-order valence-electron chi connectivity index (χ3n) is 2.81. The van der Waals surface area contributed by atoms with Gasteiger partial charge in [-0.2, -0.15) is 0 Å². The number of hydrogen-bond acceptors (Lipinski definition) is 2. The van der Waals surface area contributed by atoms with Crippen LogP contribution in [0.4, 0.5) is 0 Å². The fourth-order valence-electron chi connectivity index (χ4n) is 2.05. The molecule has 0 aromatic heterocycles. The van der Waals surface area contributed by atoms with Gasteiger partial charge in [-0.15, -0.1) is 0 Å². The van der Waals surface area contributed by atoms with Crippen molar-refractivity contribution in [3.63, 3.8) is 0 Å². The van der Waals surface area contributed by atoms with Gasteiger partial charge in [0.2, 0.25) is 6.04 Å². The average molecular weight is 171 g/mol. The third-order valence-corrected chi connectivity index (χ3v) is 2.81. The molecule has 0 aromatic carbocycles. The maximum absolute atomic E-state index is 10.4. The highest BCUT2D eigenvalue weighted by Gasteiger charge is 2.27. The lowest BCUT2D eigenvalue weighted by Gasteiger charge is -2.23. The average Bonchev–Trinajstić information content (AvgIpc) is 2.06. The van der Waals surface area contributed by atoms with Crippen LogP contribution in [0.1, 0.15) is 45.4 Å². The first-order valence-electron chi connectivity index (χ1n) is 4.87. The first-order chi connectivity index (χ1) is 5.74. The molecule has 1 saturated carbocycles. The topological polar surface area (TPSA) is 43.1 Å². The van der Waals surface area contributed by atoms with Gasteiger partial charge < -0.3 is 0 Å². The molecule has 0 heterocycles. The van der Waals surface area contributed by atoms with Crippen LogP contribution in [-0.4, -0.2) is 11.0 Å². The van der Waals surface area contributed by atoms with Crippen LogP contribution in [0.3, 0.4) is 0 Å². The Kier molecular flexibility index (Phi) is 3.50. The first kappa shape index (κ1) is 9.49.